The summed E-state index contributed by atoms with van der Waals surface area (Å²) in [5.74, 6) is 0. The number of pyridine rings is 1. The Morgan fingerprint density at radius 3 is 2.58 bits per heavy atom. The molecule has 0 atom stereocenters. The minimum Gasteiger partial charge on any atom is -0.298 e. The molecule has 0 spiro atoms. The normalized spacial score (nSPS) is 10.4. The standard InChI is InChI=1S/C16H17N3/c1-13-5-7-14(8-6-13)11-19(2)12-15-4-3-9-18-16(15)10-17/h3-9H,11-12H2,1-2H3. The molecule has 96 valence electrons. The SMILES string of the molecule is Cc1ccc(CN(C)Cc2cccnc2C#N)cc1. The topological polar surface area (TPSA) is 39.9 Å². The van der Waals surface area contributed by atoms with Crippen LogP contribution in [0.3, 0.4) is 0 Å². The van der Waals surface area contributed by atoms with Crippen LogP contribution in [0.5, 0.6) is 0 Å². The van der Waals surface area contributed by atoms with Crippen LogP contribution in [0, 0.1) is 18.3 Å². The first-order valence-electron chi connectivity index (χ1n) is 6.27. The number of nitriles is 1. The number of aromatic nitrogens is 1. The highest BCUT2D eigenvalue weighted by molar-refractivity contribution is 5.30. The molecule has 0 N–H and O–H groups in total. The Morgan fingerprint density at radius 2 is 1.89 bits per heavy atom. The van der Waals surface area contributed by atoms with E-state index in [1.807, 2.05) is 19.2 Å². The summed E-state index contributed by atoms with van der Waals surface area (Å²) in [4.78, 5) is 6.26. The molecular weight excluding hydrogens is 234 g/mol. The molecule has 19 heavy (non-hydrogen) atoms. The lowest BCUT2D eigenvalue weighted by Gasteiger charge is -2.17. The third-order valence-electron chi connectivity index (χ3n) is 3.01. The van der Waals surface area contributed by atoms with Gasteiger partial charge in [-0.25, -0.2) is 4.98 Å². The van der Waals surface area contributed by atoms with Gasteiger partial charge in [0.2, 0.25) is 0 Å². The largest absolute Gasteiger partial charge is 0.298 e. The second-order valence-electron chi connectivity index (χ2n) is 4.78. The number of nitrogens with zero attached hydrogens (tertiary/aromatic N) is 3. The van der Waals surface area contributed by atoms with Gasteiger partial charge in [0.05, 0.1) is 0 Å². The molecule has 0 bridgehead atoms. The van der Waals surface area contributed by atoms with E-state index in [1.54, 1.807) is 6.20 Å². The van der Waals surface area contributed by atoms with Gasteiger partial charge in [-0.15, -0.1) is 0 Å². The lowest BCUT2D eigenvalue weighted by atomic mass is 10.1. The summed E-state index contributed by atoms with van der Waals surface area (Å²) in [6.45, 7) is 3.67. The van der Waals surface area contributed by atoms with Gasteiger partial charge in [0, 0.05) is 24.8 Å². The van der Waals surface area contributed by atoms with Gasteiger partial charge in [-0.2, -0.15) is 5.26 Å². The maximum absolute atomic E-state index is 9.02. The van der Waals surface area contributed by atoms with E-state index < -0.39 is 0 Å². The van der Waals surface area contributed by atoms with Crippen LogP contribution < -0.4 is 0 Å². The lowest BCUT2D eigenvalue weighted by Crippen LogP contribution is -2.18. The molecule has 0 saturated carbocycles. The third kappa shape index (κ3) is 3.64. The highest BCUT2D eigenvalue weighted by Gasteiger charge is 2.06. The molecule has 0 fully saturated rings. The van der Waals surface area contributed by atoms with Crippen molar-refractivity contribution >= 4 is 0 Å². The molecular formula is C16H17N3. The van der Waals surface area contributed by atoms with E-state index in [0.29, 0.717) is 5.69 Å². The zero-order chi connectivity index (χ0) is 13.7. The highest BCUT2D eigenvalue weighted by Crippen LogP contribution is 2.11. The van der Waals surface area contributed by atoms with E-state index >= 15 is 0 Å². The Hall–Kier alpha value is -2.18. The first-order valence-corrected chi connectivity index (χ1v) is 6.27. The summed E-state index contributed by atoms with van der Waals surface area (Å²) < 4.78 is 0. The van der Waals surface area contributed by atoms with Crippen LogP contribution in [-0.2, 0) is 13.1 Å². The van der Waals surface area contributed by atoms with E-state index in [2.05, 4.69) is 47.1 Å². The van der Waals surface area contributed by atoms with Crippen LogP contribution in [-0.4, -0.2) is 16.9 Å². The van der Waals surface area contributed by atoms with E-state index in [0.717, 1.165) is 18.7 Å². The van der Waals surface area contributed by atoms with Crippen LogP contribution >= 0.6 is 0 Å². The number of aryl methyl sites for hydroxylation is 1. The second-order valence-corrected chi connectivity index (χ2v) is 4.78. The Labute approximate surface area is 114 Å². The average molecular weight is 251 g/mol. The van der Waals surface area contributed by atoms with Crippen molar-refractivity contribution in [2.75, 3.05) is 7.05 Å². The van der Waals surface area contributed by atoms with Crippen molar-refractivity contribution in [1.82, 2.24) is 9.88 Å². The molecule has 1 aromatic heterocycles. The summed E-state index contributed by atoms with van der Waals surface area (Å²) in [7, 11) is 2.05. The zero-order valence-electron chi connectivity index (χ0n) is 11.3. The van der Waals surface area contributed by atoms with Crippen LogP contribution in [0.25, 0.3) is 0 Å². The van der Waals surface area contributed by atoms with Crippen molar-refractivity contribution in [3.63, 3.8) is 0 Å². The molecule has 3 nitrogen and oxygen atoms in total. The molecule has 3 heteroatoms. The second kappa shape index (κ2) is 6.12. The number of benzene rings is 1. The van der Waals surface area contributed by atoms with Crippen LogP contribution in [0.2, 0.25) is 0 Å². The first kappa shape index (κ1) is 13.3. The van der Waals surface area contributed by atoms with E-state index in [-0.39, 0.29) is 0 Å². The fraction of sp³-hybridized carbons (Fsp3) is 0.250. The lowest BCUT2D eigenvalue weighted by molar-refractivity contribution is 0.318. The Kier molecular flexibility index (Phi) is 4.27. The van der Waals surface area contributed by atoms with E-state index in [1.165, 1.54) is 11.1 Å². The van der Waals surface area contributed by atoms with Crippen molar-refractivity contribution in [2.45, 2.75) is 20.0 Å². The van der Waals surface area contributed by atoms with Crippen LogP contribution in [0.4, 0.5) is 0 Å². The smallest absolute Gasteiger partial charge is 0.144 e. The van der Waals surface area contributed by atoms with Crippen molar-refractivity contribution in [2.24, 2.45) is 0 Å². The quantitative estimate of drug-likeness (QED) is 0.838. The molecule has 0 amide bonds. The maximum atomic E-state index is 9.02. The van der Waals surface area contributed by atoms with Crippen molar-refractivity contribution in [1.29, 1.82) is 5.26 Å². The van der Waals surface area contributed by atoms with E-state index in [4.69, 9.17) is 5.26 Å². The van der Waals surface area contributed by atoms with Crippen LogP contribution in [0.1, 0.15) is 22.4 Å². The molecule has 1 heterocycles. The molecule has 0 aliphatic heterocycles. The molecule has 2 aromatic rings. The maximum Gasteiger partial charge on any atom is 0.144 e. The molecule has 0 aliphatic rings. The van der Waals surface area contributed by atoms with Gasteiger partial charge in [-0.1, -0.05) is 35.9 Å². The monoisotopic (exact) mass is 251 g/mol. The molecule has 0 radical (unpaired) electrons. The molecule has 0 aliphatic carbocycles. The molecule has 0 unspecified atom stereocenters. The van der Waals surface area contributed by atoms with Crippen molar-refractivity contribution in [3.8, 4) is 6.07 Å². The van der Waals surface area contributed by atoms with Gasteiger partial charge in [0.1, 0.15) is 11.8 Å². The first-order chi connectivity index (χ1) is 9.19. The predicted octanol–water partition coefficient (Wildman–Crippen LogP) is 2.89. The van der Waals surface area contributed by atoms with E-state index in [9.17, 15) is 0 Å². The number of hydrogen-bond acceptors (Lipinski definition) is 3. The van der Waals surface area contributed by atoms with Gasteiger partial charge in [-0.05, 0) is 25.6 Å². The molecule has 1 aromatic carbocycles. The summed E-state index contributed by atoms with van der Waals surface area (Å²) in [5, 5.41) is 9.02. The van der Waals surface area contributed by atoms with Gasteiger partial charge < -0.3 is 0 Å². The highest BCUT2D eigenvalue weighted by atomic mass is 15.1. The molecule has 0 saturated heterocycles. The Morgan fingerprint density at radius 1 is 1.16 bits per heavy atom. The van der Waals surface area contributed by atoms with Crippen LogP contribution in [0.15, 0.2) is 42.6 Å². The minimum atomic E-state index is 0.512. The van der Waals surface area contributed by atoms with Gasteiger partial charge >= 0.3 is 0 Å². The van der Waals surface area contributed by atoms with Gasteiger partial charge in [0.25, 0.3) is 0 Å². The fourth-order valence-corrected chi connectivity index (χ4v) is 2.02. The Balaban J connectivity index is 2.03. The zero-order valence-corrected chi connectivity index (χ0v) is 11.3. The number of hydrogen-bond donors (Lipinski definition) is 0. The number of rotatable bonds is 4. The fourth-order valence-electron chi connectivity index (χ4n) is 2.02. The van der Waals surface area contributed by atoms with Crippen molar-refractivity contribution < 1.29 is 0 Å². The predicted molar refractivity (Wildman–Crippen MR) is 75.3 cm³/mol. The third-order valence-corrected chi connectivity index (χ3v) is 3.01. The van der Waals surface area contributed by atoms with Crippen molar-refractivity contribution in [3.05, 3.63) is 65.0 Å². The summed E-state index contributed by atoms with van der Waals surface area (Å²) in [5.41, 5.74) is 4.03. The van der Waals surface area contributed by atoms with Gasteiger partial charge in [-0.3, -0.25) is 4.90 Å². The minimum absolute atomic E-state index is 0.512. The average Bonchev–Trinajstić information content (AvgIpc) is 2.42. The summed E-state index contributed by atoms with van der Waals surface area (Å²) in [6, 6.07) is 14.5. The van der Waals surface area contributed by atoms with Gasteiger partial charge in [0.15, 0.2) is 0 Å². The summed E-state index contributed by atoms with van der Waals surface area (Å²) >= 11 is 0. The summed E-state index contributed by atoms with van der Waals surface area (Å²) in [6.07, 6.45) is 1.65. The molecule has 2 rings (SSSR count). The Bertz CT molecular complexity index is 582.